The van der Waals surface area contributed by atoms with Crippen molar-refractivity contribution in [3.63, 3.8) is 0 Å². The maximum absolute atomic E-state index is 13.5. The summed E-state index contributed by atoms with van der Waals surface area (Å²) in [7, 11) is 3.16. The number of methoxy groups -OCH3 is 2. The number of nitrogens with two attached hydrogens (primary N) is 1. The number of rotatable bonds is 8. The van der Waals surface area contributed by atoms with Gasteiger partial charge in [-0.15, -0.1) is 0 Å². The van der Waals surface area contributed by atoms with Crippen molar-refractivity contribution < 1.29 is 19.0 Å². The molecule has 0 atom stereocenters. The van der Waals surface area contributed by atoms with Gasteiger partial charge in [0, 0.05) is 24.2 Å². The molecule has 166 valence electrons. The first-order valence-corrected chi connectivity index (χ1v) is 10.0. The van der Waals surface area contributed by atoms with E-state index in [1.165, 1.54) is 12.1 Å². The van der Waals surface area contributed by atoms with E-state index in [4.69, 9.17) is 25.3 Å². The predicted molar refractivity (Wildman–Crippen MR) is 120 cm³/mol. The minimum atomic E-state index is -0.337. The van der Waals surface area contributed by atoms with Crippen LogP contribution in [-0.2, 0) is 6.54 Å². The van der Waals surface area contributed by atoms with Crippen LogP contribution in [0.5, 0.6) is 11.5 Å². The van der Waals surface area contributed by atoms with Crippen molar-refractivity contribution in [2.75, 3.05) is 33.1 Å². The van der Waals surface area contributed by atoms with Gasteiger partial charge in [0.1, 0.15) is 11.6 Å². The molecule has 2 aromatic heterocycles. The second kappa shape index (κ2) is 9.21. The summed E-state index contributed by atoms with van der Waals surface area (Å²) in [6.45, 7) is 0.759. The van der Waals surface area contributed by atoms with Crippen LogP contribution >= 0.6 is 0 Å². The van der Waals surface area contributed by atoms with Crippen LogP contribution < -0.4 is 20.5 Å². The number of benzene rings is 2. The zero-order chi connectivity index (χ0) is 22.7. The van der Waals surface area contributed by atoms with Gasteiger partial charge in [0.25, 0.3) is 0 Å². The molecule has 4 rings (SSSR count). The van der Waals surface area contributed by atoms with Gasteiger partial charge in [0.2, 0.25) is 0 Å². The van der Waals surface area contributed by atoms with Crippen molar-refractivity contribution >= 4 is 11.5 Å². The Kier molecular flexibility index (Phi) is 6.20. The van der Waals surface area contributed by atoms with Gasteiger partial charge < -0.3 is 25.6 Å². The minimum Gasteiger partial charge on any atom is -0.493 e. The molecular weight excluding hydrogens is 413 g/mol. The molecule has 2 aromatic carbocycles. The fraction of sp³-hybridized carbons (Fsp3) is 0.217. The quantitative estimate of drug-likeness (QED) is 0.364. The number of hydrogen-bond donors (Lipinski definition) is 3. The number of ether oxygens (including phenoxy) is 2. The van der Waals surface area contributed by atoms with Crippen LogP contribution in [-0.4, -0.2) is 47.1 Å². The topological polar surface area (TPSA) is 107 Å². The Morgan fingerprint density at radius 3 is 2.47 bits per heavy atom. The molecule has 8 nitrogen and oxygen atoms in total. The second-order valence-electron chi connectivity index (χ2n) is 7.09. The summed E-state index contributed by atoms with van der Waals surface area (Å²) in [5, 5.41) is 16.8. The lowest BCUT2D eigenvalue weighted by Crippen LogP contribution is -2.20. The van der Waals surface area contributed by atoms with Gasteiger partial charge in [-0.3, -0.25) is 0 Å². The molecule has 32 heavy (non-hydrogen) atoms. The SMILES string of the molecule is COc1ccc(-c2cnn3c(N)c(-c4ccc(F)cc4)c(CNCCO)nc23)cc1OC. The monoisotopic (exact) mass is 437 g/mol. The largest absolute Gasteiger partial charge is 0.493 e. The van der Waals surface area contributed by atoms with Gasteiger partial charge in [0.15, 0.2) is 17.1 Å². The Labute approximate surface area is 184 Å². The van der Waals surface area contributed by atoms with Crippen molar-refractivity contribution in [1.82, 2.24) is 19.9 Å². The van der Waals surface area contributed by atoms with E-state index in [-0.39, 0.29) is 12.4 Å². The molecule has 0 aliphatic carbocycles. The first-order chi connectivity index (χ1) is 15.6. The molecular formula is C23H24FN5O3. The van der Waals surface area contributed by atoms with Crippen LogP contribution in [0.15, 0.2) is 48.7 Å². The number of aliphatic hydroxyl groups is 1. The number of hydrogen-bond acceptors (Lipinski definition) is 7. The summed E-state index contributed by atoms with van der Waals surface area (Å²) in [6.07, 6.45) is 1.69. The number of fused-ring (bicyclic) bond motifs is 1. The maximum atomic E-state index is 13.5. The molecule has 0 aliphatic heterocycles. The van der Waals surface area contributed by atoms with Gasteiger partial charge in [-0.2, -0.15) is 9.61 Å². The molecule has 0 radical (unpaired) electrons. The molecule has 0 amide bonds. The van der Waals surface area contributed by atoms with Gasteiger partial charge in [-0.05, 0) is 35.4 Å². The van der Waals surface area contributed by atoms with E-state index in [2.05, 4.69) is 10.4 Å². The summed E-state index contributed by atoms with van der Waals surface area (Å²) in [5.41, 5.74) is 10.8. The Morgan fingerprint density at radius 2 is 1.78 bits per heavy atom. The predicted octanol–water partition coefficient (Wildman–Crippen LogP) is 2.88. The summed E-state index contributed by atoms with van der Waals surface area (Å²) in [6, 6.07) is 11.6. The van der Waals surface area contributed by atoms with Crippen LogP contribution in [0.2, 0.25) is 0 Å². The number of nitrogens with one attached hydrogen (secondary N) is 1. The van der Waals surface area contributed by atoms with Crippen molar-refractivity contribution in [3.8, 4) is 33.8 Å². The van der Waals surface area contributed by atoms with Crippen LogP contribution in [0.25, 0.3) is 27.9 Å². The van der Waals surface area contributed by atoms with Crippen LogP contribution in [0, 0.1) is 5.82 Å². The van der Waals surface area contributed by atoms with E-state index in [0.29, 0.717) is 47.3 Å². The van der Waals surface area contributed by atoms with E-state index < -0.39 is 0 Å². The third kappa shape index (κ3) is 3.95. The number of halogens is 1. The molecule has 0 aliphatic rings. The lowest BCUT2D eigenvalue weighted by atomic mass is 10.0. The molecule has 0 saturated heterocycles. The zero-order valence-corrected chi connectivity index (χ0v) is 17.8. The molecule has 9 heteroatoms. The third-order valence-electron chi connectivity index (χ3n) is 5.17. The van der Waals surface area contributed by atoms with E-state index in [0.717, 1.165) is 16.7 Å². The highest BCUT2D eigenvalue weighted by Gasteiger charge is 2.19. The van der Waals surface area contributed by atoms with Crippen molar-refractivity contribution in [1.29, 1.82) is 0 Å². The minimum absolute atomic E-state index is 0.00676. The van der Waals surface area contributed by atoms with Crippen molar-refractivity contribution in [3.05, 3.63) is 60.2 Å². The van der Waals surface area contributed by atoms with E-state index in [1.54, 1.807) is 37.1 Å². The molecule has 4 aromatic rings. The van der Waals surface area contributed by atoms with Crippen molar-refractivity contribution in [2.24, 2.45) is 0 Å². The summed E-state index contributed by atoms with van der Waals surface area (Å²) >= 11 is 0. The van der Waals surface area contributed by atoms with Crippen LogP contribution in [0.1, 0.15) is 5.69 Å². The van der Waals surface area contributed by atoms with Gasteiger partial charge in [0.05, 0.1) is 32.7 Å². The third-order valence-corrected chi connectivity index (χ3v) is 5.17. The highest BCUT2D eigenvalue weighted by Crippen LogP contribution is 2.36. The van der Waals surface area contributed by atoms with E-state index in [1.807, 2.05) is 18.2 Å². The standard InChI is InChI=1S/C23H24FN5O3/c1-31-19-8-5-15(11-20(19)32-2)17-12-27-29-22(25)21(14-3-6-16(24)7-4-14)18(28-23(17)29)13-26-9-10-30/h3-8,11-12,26,30H,9-10,13,25H2,1-2H3. The molecule has 0 bridgehead atoms. The molecule has 0 unspecified atom stereocenters. The van der Waals surface area contributed by atoms with E-state index in [9.17, 15) is 4.39 Å². The average Bonchev–Trinajstić information content (AvgIpc) is 3.24. The Bertz CT molecular complexity index is 1240. The molecule has 0 fully saturated rings. The maximum Gasteiger partial charge on any atom is 0.165 e. The summed E-state index contributed by atoms with van der Waals surface area (Å²) < 4.78 is 25.8. The molecule has 0 saturated carbocycles. The number of anilines is 1. The average molecular weight is 437 g/mol. The number of aromatic nitrogens is 3. The van der Waals surface area contributed by atoms with Gasteiger partial charge in [-0.25, -0.2) is 9.37 Å². The fourth-order valence-corrected chi connectivity index (χ4v) is 3.62. The van der Waals surface area contributed by atoms with Crippen LogP contribution in [0.4, 0.5) is 10.2 Å². The van der Waals surface area contributed by atoms with Crippen molar-refractivity contribution in [2.45, 2.75) is 6.54 Å². The first-order valence-electron chi connectivity index (χ1n) is 10.0. The summed E-state index contributed by atoms with van der Waals surface area (Å²) in [4.78, 5) is 4.85. The number of aliphatic hydroxyl groups excluding tert-OH is 1. The fourth-order valence-electron chi connectivity index (χ4n) is 3.62. The van der Waals surface area contributed by atoms with Crippen LogP contribution in [0.3, 0.4) is 0 Å². The van der Waals surface area contributed by atoms with Gasteiger partial charge in [-0.1, -0.05) is 18.2 Å². The van der Waals surface area contributed by atoms with E-state index >= 15 is 0 Å². The number of nitrogens with zero attached hydrogens (tertiary/aromatic N) is 3. The second-order valence-corrected chi connectivity index (χ2v) is 7.09. The zero-order valence-electron chi connectivity index (χ0n) is 17.8. The Balaban J connectivity index is 1.89. The Hall–Kier alpha value is -3.69. The molecule has 2 heterocycles. The lowest BCUT2D eigenvalue weighted by Gasteiger charge is -2.15. The molecule has 4 N–H and O–H groups in total. The number of nitrogen functional groups attached to an aromatic ring is 1. The first kappa shape index (κ1) is 21.5. The normalized spacial score (nSPS) is 11.1. The smallest absolute Gasteiger partial charge is 0.165 e. The lowest BCUT2D eigenvalue weighted by molar-refractivity contribution is 0.291. The highest BCUT2D eigenvalue weighted by molar-refractivity contribution is 5.84. The van der Waals surface area contributed by atoms with Gasteiger partial charge >= 0.3 is 0 Å². The molecule has 0 spiro atoms. The Morgan fingerprint density at radius 1 is 1.06 bits per heavy atom. The highest BCUT2D eigenvalue weighted by atomic mass is 19.1. The summed E-state index contributed by atoms with van der Waals surface area (Å²) in [5.74, 6) is 1.25.